The van der Waals surface area contributed by atoms with Crippen LogP contribution in [0.5, 0.6) is 0 Å². The van der Waals surface area contributed by atoms with Gasteiger partial charge in [0.1, 0.15) is 0 Å². The van der Waals surface area contributed by atoms with E-state index in [-0.39, 0.29) is 23.6 Å². The Morgan fingerprint density at radius 2 is 1.77 bits per heavy atom. The van der Waals surface area contributed by atoms with Crippen molar-refractivity contribution in [3.8, 4) is 0 Å². The molecule has 2 amide bonds. The van der Waals surface area contributed by atoms with Gasteiger partial charge >= 0.3 is 0 Å². The standard InChI is InChI=1S/C23H27N5O2S/c1-5-28-21(17(4)24-22(30)18-10-6-8-15(2)12-18)26-27-23(28)31-14-20(29)25-19-11-7-9-16(3)13-19/h6-13,17H,5,14H2,1-4H3,(H,24,30)(H,25,29)/t17-/m0/s1. The van der Waals surface area contributed by atoms with Crippen molar-refractivity contribution in [3.63, 3.8) is 0 Å². The average molecular weight is 438 g/mol. The Labute approximate surface area is 186 Å². The van der Waals surface area contributed by atoms with Gasteiger partial charge in [0.15, 0.2) is 11.0 Å². The molecule has 1 atom stereocenters. The van der Waals surface area contributed by atoms with Crippen molar-refractivity contribution in [2.45, 2.75) is 45.4 Å². The monoisotopic (exact) mass is 437 g/mol. The number of aryl methyl sites for hydroxylation is 2. The molecule has 3 rings (SSSR count). The van der Waals surface area contributed by atoms with Gasteiger partial charge in [-0.15, -0.1) is 10.2 Å². The van der Waals surface area contributed by atoms with Gasteiger partial charge in [-0.1, -0.05) is 41.6 Å². The first-order chi connectivity index (χ1) is 14.9. The minimum Gasteiger partial charge on any atom is -0.342 e. The predicted molar refractivity (Wildman–Crippen MR) is 123 cm³/mol. The fourth-order valence-electron chi connectivity index (χ4n) is 3.21. The van der Waals surface area contributed by atoms with Gasteiger partial charge in [-0.25, -0.2) is 0 Å². The maximum absolute atomic E-state index is 12.6. The van der Waals surface area contributed by atoms with Crippen LogP contribution in [0.4, 0.5) is 5.69 Å². The number of thioether (sulfide) groups is 1. The van der Waals surface area contributed by atoms with Crippen LogP contribution in [0.15, 0.2) is 53.7 Å². The van der Waals surface area contributed by atoms with Crippen molar-refractivity contribution in [2.75, 3.05) is 11.1 Å². The predicted octanol–water partition coefficient (Wildman–Crippen LogP) is 4.14. The van der Waals surface area contributed by atoms with E-state index < -0.39 is 0 Å². The quantitative estimate of drug-likeness (QED) is 0.517. The Morgan fingerprint density at radius 1 is 1.06 bits per heavy atom. The van der Waals surface area contributed by atoms with Gasteiger partial charge in [0.25, 0.3) is 5.91 Å². The van der Waals surface area contributed by atoms with Gasteiger partial charge in [0, 0.05) is 17.8 Å². The Balaban J connectivity index is 1.63. The number of anilines is 1. The molecule has 1 aromatic heterocycles. The number of carbonyl (C=O) groups is 2. The number of carbonyl (C=O) groups excluding carboxylic acids is 2. The normalized spacial score (nSPS) is 11.7. The fourth-order valence-corrected chi connectivity index (χ4v) is 4.01. The van der Waals surface area contributed by atoms with Crippen molar-refractivity contribution in [1.82, 2.24) is 20.1 Å². The third-order valence-corrected chi connectivity index (χ3v) is 5.68. The van der Waals surface area contributed by atoms with Gasteiger partial charge < -0.3 is 15.2 Å². The van der Waals surface area contributed by atoms with Gasteiger partial charge in [-0.3, -0.25) is 9.59 Å². The molecule has 8 heteroatoms. The van der Waals surface area contributed by atoms with Crippen molar-refractivity contribution in [1.29, 1.82) is 0 Å². The summed E-state index contributed by atoms with van der Waals surface area (Å²) in [6.07, 6.45) is 0. The number of benzene rings is 2. The average Bonchev–Trinajstić information content (AvgIpc) is 3.15. The molecule has 2 aromatic carbocycles. The zero-order valence-corrected chi connectivity index (χ0v) is 19.0. The maximum atomic E-state index is 12.6. The summed E-state index contributed by atoms with van der Waals surface area (Å²) in [7, 11) is 0. The molecule has 0 radical (unpaired) electrons. The van der Waals surface area contributed by atoms with Crippen LogP contribution >= 0.6 is 11.8 Å². The molecule has 0 aliphatic rings. The summed E-state index contributed by atoms with van der Waals surface area (Å²) in [5.41, 5.74) is 3.50. The summed E-state index contributed by atoms with van der Waals surface area (Å²) in [6.45, 7) is 8.43. The van der Waals surface area contributed by atoms with Crippen LogP contribution < -0.4 is 10.6 Å². The van der Waals surface area contributed by atoms with Crippen LogP contribution in [0.3, 0.4) is 0 Å². The molecule has 0 saturated heterocycles. The third-order valence-electron chi connectivity index (χ3n) is 4.71. The summed E-state index contributed by atoms with van der Waals surface area (Å²) in [5.74, 6) is 0.609. The van der Waals surface area contributed by atoms with E-state index in [9.17, 15) is 9.59 Å². The second-order valence-electron chi connectivity index (χ2n) is 7.36. The van der Waals surface area contributed by atoms with Crippen LogP contribution in [0, 0.1) is 13.8 Å². The topological polar surface area (TPSA) is 88.9 Å². The highest BCUT2D eigenvalue weighted by molar-refractivity contribution is 7.99. The summed E-state index contributed by atoms with van der Waals surface area (Å²) >= 11 is 1.32. The Bertz CT molecular complexity index is 1080. The van der Waals surface area contributed by atoms with Crippen molar-refractivity contribution >= 4 is 29.3 Å². The van der Waals surface area contributed by atoms with Crippen molar-refractivity contribution in [2.24, 2.45) is 0 Å². The van der Waals surface area contributed by atoms with E-state index in [2.05, 4.69) is 20.8 Å². The molecular weight excluding hydrogens is 410 g/mol. The molecule has 162 valence electrons. The van der Waals surface area contributed by atoms with Crippen LogP contribution in [0.2, 0.25) is 0 Å². The molecule has 0 unspecified atom stereocenters. The maximum Gasteiger partial charge on any atom is 0.251 e. The zero-order chi connectivity index (χ0) is 22.4. The zero-order valence-electron chi connectivity index (χ0n) is 18.2. The second-order valence-corrected chi connectivity index (χ2v) is 8.30. The summed E-state index contributed by atoms with van der Waals surface area (Å²) < 4.78 is 1.92. The highest BCUT2D eigenvalue weighted by atomic mass is 32.2. The lowest BCUT2D eigenvalue weighted by molar-refractivity contribution is -0.113. The Hall–Kier alpha value is -3.13. The molecule has 2 N–H and O–H groups in total. The number of hydrogen-bond acceptors (Lipinski definition) is 5. The minimum absolute atomic E-state index is 0.108. The molecule has 31 heavy (non-hydrogen) atoms. The molecule has 7 nitrogen and oxygen atoms in total. The highest BCUT2D eigenvalue weighted by Crippen LogP contribution is 2.21. The lowest BCUT2D eigenvalue weighted by Crippen LogP contribution is -2.28. The summed E-state index contributed by atoms with van der Waals surface area (Å²) in [6, 6.07) is 14.8. The summed E-state index contributed by atoms with van der Waals surface area (Å²) in [4.78, 5) is 24.9. The lowest BCUT2D eigenvalue weighted by atomic mass is 10.1. The number of nitrogens with one attached hydrogen (secondary N) is 2. The molecule has 0 fully saturated rings. The van der Waals surface area contributed by atoms with Gasteiger partial charge in [-0.2, -0.15) is 0 Å². The largest absolute Gasteiger partial charge is 0.342 e. The second kappa shape index (κ2) is 10.3. The van der Waals surface area contributed by atoms with E-state index in [1.165, 1.54) is 11.8 Å². The molecule has 1 heterocycles. The van der Waals surface area contributed by atoms with E-state index in [4.69, 9.17) is 0 Å². The number of amides is 2. The smallest absolute Gasteiger partial charge is 0.251 e. The van der Waals surface area contributed by atoms with E-state index in [0.717, 1.165) is 16.8 Å². The third kappa shape index (κ3) is 5.95. The molecule has 0 aliphatic heterocycles. The van der Waals surface area contributed by atoms with E-state index in [1.807, 2.05) is 74.7 Å². The van der Waals surface area contributed by atoms with E-state index in [1.54, 1.807) is 6.07 Å². The highest BCUT2D eigenvalue weighted by Gasteiger charge is 2.20. The first kappa shape index (κ1) is 22.6. The summed E-state index contributed by atoms with van der Waals surface area (Å²) in [5, 5.41) is 15.0. The number of aromatic nitrogens is 3. The number of hydrogen-bond donors (Lipinski definition) is 2. The van der Waals surface area contributed by atoms with Gasteiger partial charge in [0.2, 0.25) is 5.91 Å². The van der Waals surface area contributed by atoms with Crippen LogP contribution in [0.25, 0.3) is 0 Å². The van der Waals surface area contributed by atoms with Crippen molar-refractivity contribution < 1.29 is 9.59 Å². The number of nitrogens with zero attached hydrogens (tertiary/aromatic N) is 3. The van der Waals surface area contributed by atoms with E-state index >= 15 is 0 Å². The van der Waals surface area contributed by atoms with Crippen molar-refractivity contribution in [3.05, 3.63) is 71.0 Å². The Kier molecular flexibility index (Phi) is 7.46. The van der Waals surface area contributed by atoms with E-state index in [0.29, 0.717) is 23.1 Å². The molecule has 3 aromatic rings. The first-order valence-electron chi connectivity index (χ1n) is 10.2. The molecule has 0 bridgehead atoms. The molecule has 0 aliphatic carbocycles. The first-order valence-corrected chi connectivity index (χ1v) is 11.2. The SMILES string of the molecule is CCn1c(SCC(=O)Nc2cccc(C)c2)nnc1[C@H](C)NC(=O)c1cccc(C)c1. The number of rotatable bonds is 8. The van der Waals surface area contributed by atoms with Gasteiger partial charge in [0.05, 0.1) is 11.8 Å². The van der Waals surface area contributed by atoms with Gasteiger partial charge in [-0.05, 0) is 57.5 Å². The van der Waals surface area contributed by atoms with Crippen LogP contribution in [-0.4, -0.2) is 32.3 Å². The fraction of sp³-hybridized carbons (Fsp3) is 0.304. The van der Waals surface area contributed by atoms with Crippen LogP contribution in [0.1, 0.15) is 47.2 Å². The lowest BCUT2D eigenvalue weighted by Gasteiger charge is -2.15. The Morgan fingerprint density at radius 3 is 2.45 bits per heavy atom. The molecular formula is C23H27N5O2S. The minimum atomic E-state index is -0.323. The molecule has 0 spiro atoms. The molecule has 0 saturated carbocycles. The van der Waals surface area contributed by atoms with Crippen LogP contribution in [-0.2, 0) is 11.3 Å².